The van der Waals surface area contributed by atoms with E-state index >= 15 is 0 Å². The van der Waals surface area contributed by atoms with Crippen molar-refractivity contribution >= 4 is 6.03 Å². The molecule has 2 amide bonds. The maximum absolute atomic E-state index is 11.1. The van der Waals surface area contributed by atoms with Crippen LogP contribution in [0.25, 0.3) is 0 Å². The summed E-state index contributed by atoms with van der Waals surface area (Å²) in [5.74, 6) is 0. The van der Waals surface area contributed by atoms with E-state index in [9.17, 15) is 10.0 Å². The van der Waals surface area contributed by atoms with Crippen LogP contribution in [0.2, 0.25) is 0 Å². The van der Waals surface area contributed by atoms with Crippen LogP contribution >= 0.6 is 0 Å². The zero-order valence-corrected chi connectivity index (χ0v) is 16.6. The van der Waals surface area contributed by atoms with Crippen LogP contribution < -0.4 is 5.73 Å². The Kier molecular flexibility index (Phi) is 6.59. The molecule has 0 aromatic carbocycles. The molecule has 28 heavy (non-hydrogen) atoms. The number of primary amides is 1. The minimum absolute atomic E-state index is 0.202. The van der Waals surface area contributed by atoms with E-state index in [2.05, 4.69) is 33.9 Å². The second-order valence-corrected chi connectivity index (χ2v) is 7.52. The first-order valence-electron chi connectivity index (χ1n) is 9.81. The molecule has 0 radical (unpaired) electrons. The first-order chi connectivity index (χ1) is 13.5. The monoisotopic (exact) mass is 383 g/mol. The molecule has 7 nitrogen and oxygen atoms in total. The largest absolute Gasteiger partial charge is 0.350 e. The summed E-state index contributed by atoms with van der Waals surface area (Å²) in [5, 5.41) is 10.2. The van der Waals surface area contributed by atoms with Crippen molar-refractivity contribution in [1.29, 1.82) is 0 Å². The highest BCUT2D eigenvalue weighted by Gasteiger charge is 2.27. The number of hydrogen-bond donors (Lipinski definition) is 2. The van der Waals surface area contributed by atoms with Gasteiger partial charge in [0.15, 0.2) is 0 Å². The van der Waals surface area contributed by atoms with Crippen LogP contribution in [0.1, 0.15) is 53.4 Å². The van der Waals surface area contributed by atoms with E-state index in [0.29, 0.717) is 24.6 Å². The van der Waals surface area contributed by atoms with E-state index in [-0.39, 0.29) is 12.6 Å². The lowest BCUT2D eigenvalue weighted by atomic mass is 9.90. The van der Waals surface area contributed by atoms with E-state index in [4.69, 9.17) is 5.73 Å². The maximum atomic E-state index is 11.1. The van der Waals surface area contributed by atoms with E-state index in [1.165, 1.54) is 11.1 Å². The molecule has 1 unspecified atom stereocenters. The molecule has 1 aliphatic rings. The Labute approximate surface area is 166 Å². The topological polar surface area (TPSA) is 95.6 Å². The lowest BCUT2D eigenvalue weighted by Gasteiger charge is -2.35. The summed E-state index contributed by atoms with van der Waals surface area (Å²) in [4.78, 5) is 22.8. The van der Waals surface area contributed by atoms with E-state index < -0.39 is 6.03 Å². The Morgan fingerprint density at radius 3 is 2.89 bits per heavy atom. The molecule has 0 aliphatic heterocycles. The quantitative estimate of drug-likeness (QED) is 0.566. The summed E-state index contributed by atoms with van der Waals surface area (Å²) < 4.78 is 0. The van der Waals surface area contributed by atoms with Gasteiger partial charge >= 0.3 is 6.03 Å². The standard InChI is InChI=1S/C21H29N5O2/c1-15-12-16(2)18(24-13-15)14-25(10-5-11-26(28)21(22)27)19-8-3-6-17-7-4-9-23-20(17)19/h4,7,9,12-13,19,28H,3,5-6,8,10-11,14H2,1-2H3,(H2,22,27). The molecule has 7 heteroatoms. The fourth-order valence-corrected chi connectivity index (χ4v) is 3.92. The molecule has 0 saturated heterocycles. The number of urea groups is 1. The molecule has 0 fully saturated rings. The fraction of sp³-hybridized carbons (Fsp3) is 0.476. The summed E-state index contributed by atoms with van der Waals surface area (Å²) in [7, 11) is 0. The highest BCUT2D eigenvalue weighted by Crippen LogP contribution is 2.34. The molecule has 1 atom stereocenters. The molecule has 2 aromatic rings. The van der Waals surface area contributed by atoms with Crippen LogP contribution in [0.4, 0.5) is 4.79 Å². The van der Waals surface area contributed by atoms with E-state index in [0.717, 1.165) is 36.2 Å². The van der Waals surface area contributed by atoms with Crippen molar-refractivity contribution in [3.8, 4) is 0 Å². The van der Waals surface area contributed by atoms with Crippen molar-refractivity contribution in [3.05, 3.63) is 58.7 Å². The highest BCUT2D eigenvalue weighted by molar-refractivity contribution is 5.70. The first-order valence-corrected chi connectivity index (χ1v) is 9.81. The Morgan fingerprint density at radius 1 is 1.32 bits per heavy atom. The summed E-state index contributed by atoms with van der Waals surface area (Å²) in [6.07, 6.45) is 7.58. The minimum atomic E-state index is -0.827. The van der Waals surface area contributed by atoms with Crippen molar-refractivity contribution < 1.29 is 10.0 Å². The molecule has 3 rings (SSSR count). The van der Waals surface area contributed by atoms with Gasteiger partial charge in [0.1, 0.15) is 0 Å². The van der Waals surface area contributed by atoms with Gasteiger partial charge in [-0.3, -0.25) is 20.1 Å². The number of aromatic nitrogens is 2. The van der Waals surface area contributed by atoms with Crippen LogP contribution in [0, 0.1) is 13.8 Å². The number of hydrogen-bond acceptors (Lipinski definition) is 5. The van der Waals surface area contributed by atoms with Gasteiger partial charge in [0.05, 0.1) is 24.0 Å². The van der Waals surface area contributed by atoms with Gasteiger partial charge in [0.25, 0.3) is 0 Å². The van der Waals surface area contributed by atoms with Crippen LogP contribution in [0.15, 0.2) is 30.6 Å². The molecule has 150 valence electrons. The lowest BCUT2D eigenvalue weighted by Crippen LogP contribution is -2.37. The van der Waals surface area contributed by atoms with Gasteiger partial charge in [-0.05, 0) is 62.3 Å². The summed E-state index contributed by atoms with van der Waals surface area (Å²) in [6.45, 7) is 5.74. The molecule has 0 saturated carbocycles. The number of fused-ring (bicyclic) bond motifs is 1. The minimum Gasteiger partial charge on any atom is -0.350 e. The van der Waals surface area contributed by atoms with Gasteiger partial charge in [0.2, 0.25) is 0 Å². The summed E-state index contributed by atoms with van der Waals surface area (Å²) >= 11 is 0. The Morgan fingerprint density at radius 2 is 2.14 bits per heavy atom. The molecule has 0 bridgehead atoms. The number of pyridine rings is 2. The normalized spacial score (nSPS) is 16.1. The van der Waals surface area contributed by atoms with Gasteiger partial charge in [-0.25, -0.2) is 9.86 Å². The number of rotatable bonds is 7. The van der Waals surface area contributed by atoms with Crippen LogP contribution in [-0.2, 0) is 13.0 Å². The molecule has 2 aromatic heterocycles. The zero-order valence-electron chi connectivity index (χ0n) is 16.6. The van der Waals surface area contributed by atoms with Crippen molar-refractivity contribution in [2.45, 2.75) is 52.1 Å². The van der Waals surface area contributed by atoms with Crippen LogP contribution in [0.5, 0.6) is 0 Å². The number of hydroxylamine groups is 2. The molecule has 2 heterocycles. The average molecular weight is 383 g/mol. The van der Waals surface area contributed by atoms with Gasteiger partial charge in [-0.2, -0.15) is 0 Å². The second-order valence-electron chi connectivity index (χ2n) is 7.52. The fourth-order valence-electron chi connectivity index (χ4n) is 3.92. The van der Waals surface area contributed by atoms with Crippen molar-refractivity contribution in [2.75, 3.05) is 13.1 Å². The molecular weight excluding hydrogens is 354 g/mol. The van der Waals surface area contributed by atoms with Gasteiger partial charge in [-0.1, -0.05) is 12.1 Å². The first kappa shape index (κ1) is 20.2. The summed E-state index contributed by atoms with van der Waals surface area (Å²) in [6, 6.07) is 5.68. The van der Waals surface area contributed by atoms with Gasteiger partial charge in [0, 0.05) is 25.5 Å². The SMILES string of the molecule is Cc1cnc(CN(CCCN(O)C(N)=O)C2CCCc3cccnc32)c(C)c1. The Bertz CT molecular complexity index is 826. The predicted octanol–water partition coefficient (Wildman–Crippen LogP) is 3.13. The van der Waals surface area contributed by atoms with Gasteiger partial charge in [-0.15, -0.1) is 0 Å². The van der Waals surface area contributed by atoms with Crippen molar-refractivity contribution in [3.63, 3.8) is 0 Å². The number of nitrogens with zero attached hydrogens (tertiary/aromatic N) is 4. The van der Waals surface area contributed by atoms with Crippen LogP contribution in [-0.4, -0.2) is 44.3 Å². The van der Waals surface area contributed by atoms with Gasteiger partial charge < -0.3 is 5.73 Å². The summed E-state index contributed by atoms with van der Waals surface area (Å²) in [5.41, 5.74) is 10.9. The number of amides is 2. The molecular formula is C21H29N5O2. The zero-order chi connectivity index (χ0) is 20.1. The highest BCUT2D eigenvalue weighted by atomic mass is 16.5. The smallest absolute Gasteiger partial charge is 0.338 e. The Balaban J connectivity index is 1.81. The van der Waals surface area contributed by atoms with E-state index in [1.54, 1.807) is 0 Å². The third-order valence-electron chi connectivity index (χ3n) is 5.35. The van der Waals surface area contributed by atoms with Crippen molar-refractivity contribution in [1.82, 2.24) is 19.9 Å². The Hall–Kier alpha value is -2.51. The number of nitrogens with two attached hydrogens (primary N) is 1. The van der Waals surface area contributed by atoms with E-state index in [1.807, 2.05) is 25.4 Å². The predicted molar refractivity (Wildman–Crippen MR) is 107 cm³/mol. The molecule has 3 N–H and O–H groups in total. The molecule has 1 aliphatic carbocycles. The average Bonchev–Trinajstić information content (AvgIpc) is 2.68. The molecule has 0 spiro atoms. The number of carbonyl (C=O) groups is 1. The lowest BCUT2D eigenvalue weighted by molar-refractivity contribution is -0.0423. The number of carbonyl (C=O) groups excluding carboxylic acids is 1. The van der Waals surface area contributed by atoms with Crippen molar-refractivity contribution in [2.24, 2.45) is 5.73 Å². The number of aryl methyl sites for hydroxylation is 3. The maximum Gasteiger partial charge on any atom is 0.338 e. The second kappa shape index (κ2) is 9.12. The van der Waals surface area contributed by atoms with Crippen LogP contribution in [0.3, 0.4) is 0 Å². The third-order valence-corrected chi connectivity index (χ3v) is 5.35. The third kappa shape index (κ3) is 4.85.